The summed E-state index contributed by atoms with van der Waals surface area (Å²) in [5.41, 5.74) is 1.35. The molecule has 4 nitrogen and oxygen atoms in total. The molecule has 0 unspecified atom stereocenters. The second-order valence-corrected chi connectivity index (χ2v) is 3.88. The maximum absolute atomic E-state index is 11.5. The van der Waals surface area contributed by atoms with Crippen molar-refractivity contribution in [3.8, 4) is 0 Å². The van der Waals surface area contributed by atoms with Crippen LogP contribution in [0.15, 0.2) is 30.5 Å². The summed E-state index contributed by atoms with van der Waals surface area (Å²) in [7, 11) is 1.47. The fourth-order valence-corrected chi connectivity index (χ4v) is 1.78. The average Bonchev–Trinajstić information content (AvgIpc) is 2.34. The first kappa shape index (κ1) is 11.8. The number of rotatable bonds is 3. The average molecular weight is 251 g/mol. The Morgan fingerprint density at radius 1 is 1.47 bits per heavy atom. The summed E-state index contributed by atoms with van der Waals surface area (Å²) >= 11 is 6.03. The van der Waals surface area contributed by atoms with Crippen LogP contribution in [0.2, 0.25) is 5.02 Å². The molecule has 0 aliphatic heterocycles. The second-order valence-electron chi connectivity index (χ2n) is 3.48. The highest BCUT2D eigenvalue weighted by molar-refractivity contribution is 6.35. The van der Waals surface area contributed by atoms with Crippen LogP contribution in [0.3, 0.4) is 0 Å². The molecule has 1 aromatic carbocycles. The Hall–Kier alpha value is -1.65. The van der Waals surface area contributed by atoms with Crippen LogP contribution in [0.25, 0.3) is 10.9 Å². The molecular formula is C12H11ClN2O2. The topological polar surface area (TPSA) is 51.2 Å². The number of hydrogen-bond acceptors (Lipinski definition) is 3. The number of aromatic nitrogens is 1. The van der Waals surface area contributed by atoms with Crippen molar-refractivity contribution in [2.24, 2.45) is 0 Å². The van der Waals surface area contributed by atoms with Gasteiger partial charge in [0.05, 0.1) is 16.2 Å². The van der Waals surface area contributed by atoms with Crippen molar-refractivity contribution >= 4 is 34.1 Å². The molecule has 0 radical (unpaired) electrons. The molecule has 0 aliphatic carbocycles. The number of methoxy groups -OCH3 is 1. The maximum atomic E-state index is 11.5. The van der Waals surface area contributed by atoms with Crippen LogP contribution in [0.1, 0.15) is 0 Å². The molecular weight excluding hydrogens is 240 g/mol. The van der Waals surface area contributed by atoms with E-state index < -0.39 is 0 Å². The van der Waals surface area contributed by atoms with Crippen molar-refractivity contribution in [1.82, 2.24) is 4.98 Å². The first-order valence-electron chi connectivity index (χ1n) is 5.04. The number of amides is 1. The zero-order valence-corrected chi connectivity index (χ0v) is 9.99. The van der Waals surface area contributed by atoms with Crippen LogP contribution in [0.5, 0.6) is 0 Å². The van der Waals surface area contributed by atoms with Gasteiger partial charge < -0.3 is 10.1 Å². The lowest BCUT2D eigenvalue weighted by atomic mass is 10.2. The van der Waals surface area contributed by atoms with E-state index >= 15 is 0 Å². The van der Waals surface area contributed by atoms with E-state index in [1.165, 1.54) is 7.11 Å². The lowest BCUT2D eigenvalue weighted by Crippen LogP contribution is -2.17. The van der Waals surface area contributed by atoms with E-state index in [0.29, 0.717) is 16.2 Å². The number of ether oxygens (including phenoxy) is 1. The summed E-state index contributed by atoms with van der Waals surface area (Å²) in [6.45, 7) is 0.0182. The number of anilines is 1. The molecule has 0 fully saturated rings. The quantitative estimate of drug-likeness (QED) is 0.911. The monoisotopic (exact) mass is 250 g/mol. The third kappa shape index (κ3) is 2.54. The number of carbonyl (C=O) groups excluding carboxylic acids is 1. The predicted molar refractivity (Wildman–Crippen MR) is 67.3 cm³/mol. The largest absolute Gasteiger partial charge is 0.375 e. The Bertz CT molecular complexity index is 557. The number of nitrogens with zero attached hydrogens (tertiary/aromatic N) is 1. The normalized spacial score (nSPS) is 10.5. The summed E-state index contributed by atoms with van der Waals surface area (Å²) < 4.78 is 4.76. The van der Waals surface area contributed by atoms with E-state index in [0.717, 1.165) is 5.39 Å². The van der Waals surface area contributed by atoms with Gasteiger partial charge in [-0.15, -0.1) is 0 Å². The van der Waals surface area contributed by atoms with Crippen molar-refractivity contribution in [1.29, 1.82) is 0 Å². The van der Waals surface area contributed by atoms with Gasteiger partial charge in [0.15, 0.2) is 0 Å². The van der Waals surface area contributed by atoms with Gasteiger partial charge in [-0.2, -0.15) is 0 Å². The first-order valence-corrected chi connectivity index (χ1v) is 5.42. The third-order valence-corrected chi connectivity index (χ3v) is 2.57. The maximum Gasteiger partial charge on any atom is 0.250 e. The van der Waals surface area contributed by atoms with E-state index in [4.69, 9.17) is 16.3 Å². The Morgan fingerprint density at radius 3 is 3.06 bits per heavy atom. The molecule has 1 aromatic heterocycles. The number of nitrogens with one attached hydrogen (secondary N) is 1. The van der Waals surface area contributed by atoms with Crippen LogP contribution in [-0.2, 0) is 9.53 Å². The van der Waals surface area contributed by atoms with Crippen molar-refractivity contribution in [2.75, 3.05) is 19.0 Å². The SMILES string of the molecule is COCC(=O)Nc1ccc(Cl)c2ncccc12. The molecule has 1 heterocycles. The fourth-order valence-electron chi connectivity index (χ4n) is 1.56. The van der Waals surface area contributed by atoms with Crippen LogP contribution in [0.4, 0.5) is 5.69 Å². The van der Waals surface area contributed by atoms with Crippen molar-refractivity contribution in [2.45, 2.75) is 0 Å². The molecule has 0 bridgehead atoms. The molecule has 88 valence electrons. The van der Waals surface area contributed by atoms with E-state index in [1.807, 2.05) is 6.07 Å². The van der Waals surface area contributed by atoms with Crippen molar-refractivity contribution < 1.29 is 9.53 Å². The van der Waals surface area contributed by atoms with Gasteiger partial charge in [-0.25, -0.2) is 0 Å². The first-order chi connectivity index (χ1) is 8.22. The number of hydrogen-bond donors (Lipinski definition) is 1. The second kappa shape index (κ2) is 5.12. The summed E-state index contributed by atoms with van der Waals surface area (Å²) in [5.74, 6) is -0.208. The molecule has 1 amide bonds. The van der Waals surface area contributed by atoms with Crippen LogP contribution in [-0.4, -0.2) is 24.6 Å². The van der Waals surface area contributed by atoms with Crippen LogP contribution >= 0.6 is 11.6 Å². The summed E-state index contributed by atoms with van der Waals surface area (Å²) in [4.78, 5) is 15.6. The van der Waals surface area contributed by atoms with E-state index in [2.05, 4.69) is 10.3 Å². The molecule has 2 rings (SSSR count). The molecule has 0 saturated carbocycles. The minimum Gasteiger partial charge on any atom is -0.375 e. The molecule has 5 heteroatoms. The van der Waals surface area contributed by atoms with Gasteiger partial charge in [-0.3, -0.25) is 9.78 Å². The van der Waals surface area contributed by atoms with Crippen LogP contribution in [0, 0.1) is 0 Å². The molecule has 0 atom stereocenters. The van der Waals surface area contributed by atoms with Gasteiger partial charge in [0.2, 0.25) is 5.91 Å². The zero-order valence-electron chi connectivity index (χ0n) is 9.24. The molecule has 0 saturated heterocycles. The molecule has 0 spiro atoms. The number of fused-ring (bicyclic) bond motifs is 1. The lowest BCUT2D eigenvalue weighted by molar-refractivity contribution is -0.119. The highest BCUT2D eigenvalue weighted by Crippen LogP contribution is 2.27. The minimum atomic E-state index is -0.208. The van der Waals surface area contributed by atoms with Crippen molar-refractivity contribution in [3.63, 3.8) is 0 Å². The Morgan fingerprint density at radius 2 is 2.29 bits per heavy atom. The summed E-state index contributed by atoms with van der Waals surface area (Å²) in [5, 5.41) is 4.12. The Balaban J connectivity index is 2.41. The minimum absolute atomic E-state index is 0.0182. The van der Waals surface area contributed by atoms with Crippen LogP contribution < -0.4 is 5.32 Å². The molecule has 0 aliphatic rings. The lowest BCUT2D eigenvalue weighted by Gasteiger charge is -2.08. The third-order valence-electron chi connectivity index (χ3n) is 2.27. The van der Waals surface area contributed by atoms with Crippen molar-refractivity contribution in [3.05, 3.63) is 35.5 Å². The van der Waals surface area contributed by atoms with Gasteiger partial charge in [0.1, 0.15) is 6.61 Å². The standard InChI is InChI=1S/C12H11ClN2O2/c1-17-7-11(16)15-10-5-4-9(13)12-8(10)3-2-6-14-12/h2-6H,7H2,1H3,(H,15,16). The van der Waals surface area contributed by atoms with E-state index in [1.54, 1.807) is 24.4 Å². The summed E-state index contributed by atoms with van der Waals surface area (Å²) in [6.07, 6.45) is 1.66. The number of pyridine rings is 1. The smallest absolute Gasteiger partial charge is 0.250 e. The van der Waals surface area contributed by atoms with E-state index in [9.17, 15) is 4.79 Å². The predicted octanol–water partition coefficient (Wildman–Crippen LogP) is 2.47. The van der Waals surface area contributed by atoms with Gasteiger partial charge in [0.25, 0.3) is 0 Å². The Labute approximate surface area is 104 Å². The molecule has 17 heavy (non-hydrogen) atoms. The van der Waals surface area contributed by atoms with Gasteiger partial charge in [0, 0.05) is 18.7 Å². The number of benzene rings is 1. The molecule has 1 N–H and O–H groups in total. The highest BCUT2D eigenvalue weighted by atomic mass is 35.5. The van der Waals surface area contributed by atoms with Gasteiger partial charge >= 0.3 is 0 Å². The van der Waals surface area contributed by atoms with E-state index in [-0.39, 0.29) is 12.5 Å². The zero-order chi connectivity index (χ0) is 12.3. The fraction of sp³-hybridized carbons (Fsp3) is 0.167. The van der Waals surface area contributed by atoms with Gasteiger partial charge in [-0.1, -0.05) is 11.6 Å². The summed E-state index contributed by atoms with van der Waals surface area (Å²) in [6, 6.07) is 7.11. The number of halogens is 1. The highest BCUT2D eigenvalue weighted by Gasteiger charge is 2.08. The molecule has 2 aromatic rings. The van der Waals surface area contributed by atoms with Gasteiger partial charge in [-0.05, 0) is 24.3 Å². The number of carbonyl (C=O) groups is 1. The Kier molecular flexibility index (Phi) is 3.56.